The van der Waals surface area contributed by atoms with Gasteiger partial charge in [-0.1, -0.05) is 35.9 Å². The topological polar surface area (TPSA) is 78.5 Å². The maximum Gasteiger partial charge on any atom is 0.325 e. The van der Waals surface area contributed by atoms with Crippen LogP contribution < -0.4 is 10.6 Å². The number of para-hydroxylation sites is 1. The highest BCUT2D eigenvalue weighted by atomic mass is 19.1. The second-order valence-corrected chi connectivity index (χ2v) is 6.46. The van der Waals surface area contributed by atoms with Crippen LogP contribution in [0.5, 0.6) is 0 Å². The average molecular weight is 373 g/mol. The van der Waals surface area contributed by atoms with E-state index in [9.17, 15) is 23.2 Å². The summed E-state index contributed by atoms with van der Waals surface area (Å²) in [5.41, 5.74) is -0.401. The van der Waals surface area contributed by atoms with E-state index in [1.807, 2.05) is 6.92 Å². The summed E-state index contributed by atoms with van der Waals surface area (Å²) in [6, 6.07) is 9.41. The van der Waals surface area contributed by atoms with Crippen molar-refractivity contribution in [2.24, 2.45) is 0 Å². The van der Waals surface area contributed by atoms with Gasteiger partial charge in [-0.15, -0.1) is 0 Å². The molecule has 1 heterocycles. The lowest BCUT2D eigenvalue weighted by molar-refractivity contribution is -0.133. The second-order valence-electron chi connectivity index (χ2n) is 6.46. The number of amides is 4. The molecule has 0 unspecified atom stereocenters. The Kier molecular flexibility index (Phi) is 4.65. The van der Waals surface area contributed by atoms with Crippen LogP contribution in [0.25, 0.3) is 0 Å². The average Bonchev–Trinajstić information content (AvgIpc) is 2.83. The van der Waals surface area contributed by atoms with Crippen molar-refractivity contribution in [3.63, 3.8) is 0 Å². The summed E-state index contributed by atoms with van der Waals surface area (Å²) in [5, 5.41) is 4.63. The van der Waals surface area contributed by atoms with Crippen molar-refractivity contribution in [2.45, 2.75) is 19.4 Å². The summed E-state index contributed by atoms with van der Waals surface area (Å²) in [6.45, 7) is 2.76. The van der Waals surface area contributed by atoms with Crippen LogP contribution in [0.1, 0.15) is 18.1 Å². The van der Waals surface area contributed by atoms with Gasteiger partial charge in [0.15, 0.2) is 0 Å². The lowest BCUT2D eigenvalue weighted by Crippen LogP contribution is -2.42. The molecule has 0 saturated carbocycles. The molecule has 2 aromatic carbocycles. The Hall–Kier alpha value is -3.29. The van der Waals surface area contributed by atoms with Crippen molar-refractivity contribution in [3.8, 4) is 0 Å². The van der Waals surface area contributed by atoms with Gasteiger partial charge in [0.1, 0.15) is 29.4 Å². The van der Waals surface area contributed by atoms with Crippen LogP contribution in [0, 0.1) is 18.6 Å². The van der Waals surface area contributed by atoms with Gasteiger partial charge in [-0.3, -0.25) is 14.5 Å². The normalized spacial score (nSPS) is 19.2. The van der Waals surface area contributed by atoms with E-state index in [0.29, 0.717) is 10.5 Å². The molecule has 0 radical (unpaired) electrons. The molecule has 1 atom stereocenters. The minimum atomic E-state index is -1.33. The zero-order valence-corrected chi connectivity index (χ0v) is 14.7. The molecule has 1 aliphatic rings. The second kappa shape index (κ2) is 6.79. The van der Waals surface area contributed by atoms with E-state index in [0.717, 1.165) is 23.8 Å². The molecular formula is C19H17F2N3O3. The van der Waals surface area contributed by atoms with Crippen molar-refractivity contribution >= 4 is 23.5 Å². The first kappa shape index (κ1) is 18.5. The van der Waals surface area contributed by atoms with Gasteiger partial charge in [0.05, 0.1) is 0 Å². The first-order valence-electron chi connectivity index (χ1n) is 8.17. The summed E-state index contributed by atoms with van der Waals surface area (Å²) < 4.78 is 27.3. The van der Waals surface area contributed by atoms with Crippen LogP contribution in [0.3, 0.4) is 0 Å². The van der Waals surface area contributed by atoms with E-state index in [1.165, 1.54) is 6.92 Å². The number of nitrogens with one attached hydrogen (secondary N) is 2. The molecule has 1 aliphatic heterocycles. The smallest absolute Gasteiger partial charge is 0.320 e. The van der Waals surface area contributed by atoms with Gasteiger partial charge in [-0.2, -0.15) is 0 Å². The maximum atomic E-state index is 13.6. The first-order valence-corrected chi connectivity index (χ1v) is 8.17. The third kappa shape index (κ3) is 3.38. The van der Waals surface area contributed by atoms with Gasteiger partial charge in [-0.05, 0) is 31.5 Å². The number of hydrogen-bond acceptors (Lipinski definition) is 3. The molecule has 2 N–H and O–H groups in total. The fourth-order valence-electron chi connectivity index (χ4n) is 2.86. The van der Waals surface area contributed by atoms with E-state index in [2.05, 4.69) is 10.6 Å². The molecule has 4 amide bonds. The number of carbonyl (C=O) groups is 3. The number of anilines is 1. The fraction of sp³-hybridized carbons (Fsp3) is 0.211. The summed E-state index contributed by atoms with van der Waals surface area (Å²) in [7, 11) is 0. The molecule has 1 saturated heterocycles. The number of urea groups is 1. The number of rotatable bonds is 4. The zero-order valence-electron chi connectivity index (χ0n) is 14.7. The Labute approximate surface area is 154 Å². The SMILES string of the molecule is Cc1ccc([C@@]2(C)NC(=O)N(CC(=O)Nc3c(F)cccc3F)C2=O)cc1. The van der Waals surface area contributed by atoms with Crippen molar-refractivity contribution in [1.29, 1.82) is 0 Å². The van der Waals surface area contributed by atoms with E-state index in [-0.39, 0.29) is 0 Å². The predicted molar refractivity (Wildman–Crippen MR) is 93.8 cm³/mol. The fourth-order valence-corrected chi connectivity index (χ4v) is 2.86. The van der Waals surface area contributed by atoms with Gasteiger partial charge < -0.3 is 10.6 Å². The number of carbonyl (C=O) groups excluding carboxylic acids is 3. The largest absolute Gasteiger partial charge is 0.325 e. The van der Waals surface area contributed by atoms with Crippen LogP contribution in [0.4, 0.5) is 19.3 Å². The molecule has 3 rings (SSSR count). The number of halogens is 2. The first-order chi connectivity index (χ1) is 12.7. The highest BCUT2D eigenvalue weighted by Gasteiger charge is 2.49. The number of aryl methyl sites for hydroxylation is 1. The van der Waals surface area contributed by atoms with Crippen molar-refractivity contribution in [1.82, 2.24) is 10.2 Å². The lowest BCUT2D eigenvalue weighted by atomic mass is 9.91. The van der Waals surface area contributed by atoms with Gasteiger partial charge in [0.25, 0.3) is 5.91 Å². The number of benzene rings is 2. The Morgan fingerprint density at radius 1 is 1.11 bits per heavy atom. The summed E-state index contributed by atoms with van der Waals surface area (Å²) in [6.07, 6.45) is 0. The molecule has 0 aromatic heterocycles. The van der Waals surface area contributed by atoms with Crippen molar-refractivity contribution < 1.29 is 23.2 Å². The maximum absolute atomic E-state index is 13.6. The quantitative estimate of drug-likeness (QED) is 0.809. The third-order valence-electron chi connectivity index (χ3n) is 4.43. The molecule has 0 bridgehead atoms. The highest BCUT2D eigenvalue weighted by Crippen LogP contribution is 2.29. The summed E-state index contributed by atoms with van der Waals surface area (Å²) in [5.74, 6) is -3.42. The Balaban J connectivity index is 1.77. The third-order valence-corrected chi connectivity index (χ3v) is 4.43. The molecule has 1 fully saturated rings. The van der Waals surface area contributed by atoms with Gasteiger partial charge in [0, 0.05) is 0 Å². The monoisotopic (exact) mass is 373 g/mol. The highest BCUT2D eigenvalue weighted by molar-refractivity contribution is 6.10. The van der Waals surface area contributed by atoms with E-state index < -0.39 is 47.3 Å². The van der Waals surface area contributed by atoms with Crippen LogP contribution in [-0.2, 0) is 15.1 Å². The molecule has 27 heavy (non-hydrogen) atoms. The zero-order chi connectivity index (χ0) is 19.8. The number of imide groups is 1. The Morgan fingerprint density at radius 3 is 2.30 bits per heavy atom. The summed E-state index contributed by atoms with van der Waals surface area (Å²) in [4.78, 5) is 37.8. The summed E-state index contributed by atoms with van der Waals surface area (Å²) >= 11 is 0. The standard InChI is InChI=1S/C19H17F2N3O3/c1-11-6-8-12(9-7-11)19(2)17(26)24(18(27)23-19)10-15(25)22-16-13(20)4-3-5-14(16)21/h3-9H,10H2,1-2H3,(H,22,25)(H,23,27)/t19-/m1/s1. The van der Waals surface area contributed by atoms with Gasteiger partial charge >= 0.3 is 6.03 Å². The van der Waals surface area contributed by atoms with E-state index in [1.54, 1.807) is 24.3 Å². The number of hydrogen-bond donors (Lipinski definition) is 2. The molecule has 6 nitrogen and oxygen atoms in total. The van der Waals surface area contributed by atoms with Gasteiger partial charge in [0.2, 0.25) is 5.91 Å². The molecular weight excluding hydrogens is 356 g/mol. The van der Waals surface area contributed by atoms with Crippen LogP contribution >= 0.6 is 0 Å². The minimum absolute atomic E-state index is 0.564. The molecule has 8 heteroatoms. The van der Waals surface area contributed by atoms with E-state index >= 15 is 0 Å². The van der Waals surface area contributed by atoms with Crippen LogP contribution in [-0.4, -0.2) is 29.3 Å². The van der Waals surface area contributed by atoms with Crippen molar-refractivity contribution in [3.05, 3.63) is 65.2 Å². The Bertz CT molecular complexity index is 910. The molecule has 2 aromatic rings. The molecule has 0 aliphatic carbocycles. The predicted octanol–water partition coefficient (Wildman–Crippen LogP) is 2.68. The molecule has 140 valence electrons. The lowest BCUT2D eigenvalue weighted by Gasteiger charge is -2.22. The van der Waals surface area contributed by atoms with E-state index in [4.69, 9.17) is 0 Å². The van der Waals surface area contributed by atoms with Gasteiger partial charge in [-0.25, -0.2) is 13.6 Å². The number of nitrogens with zero attached hydrogens (tertiary/aromatic N) is 1. The molecule has 0 spiro atoms. The van der Waals surface area contributed by atoms with Crippen LogP contribution in [0.2, 0.25) is 0 Å². The van der Waals surface area contributed by atoms with Crippen LogP contribution in [0.15, 0.2) is 42.5 Å². The van der Waals surface area contributed by atoms with Crippen molar-refractivity contribution in [2.75, 3.05) is 11.9 Å². The minimum Gasteiger partial charge on any atom is -0.320 e. The Morgan fingerprint density at radius 2 is 1.70 bits per heavy atom.